The normalized spacial score (nSPS) is 33.5. The molecule has 4 atom stereocenters. The summed E-state index contributed by atoms with van der Waals surface area (Å²) in [5, 5.41) is 0.521. The Balaban J connectivity index is 1.42. The molecule has 6 nitrogen and oxygen atoms in total. The molecule has 0 radical (unpaired) electrons. The van der Waals surface area contributed by atoms with E-state index in [1.807, 2.05) is 0 Å². The minimum Gasteiger partial charge on any atom is -0.432 e. The second-order valence-electron chi connectivity index (χ2n) is 6.73. The van der Waals surface area contributed by atoms with E-state index in [0.29, 0.717) is 35.3 Å². The van der Waals surface area contributed by atoms with Gasteiger partial charge in [0.2, 0.25) is 0 Å². The van der Waals surface area contributed by atoms with Gasteiger partial charge in [-0.2, -0.15) is 0 Å². The van der Waals surface area contributed by atoms with Crippen LogP contribution in [0.1, 0.15) is 44.9 Å². The molecule has 2 amide bonds. The third-order valence-corrected chi connectivity index (χ3v) is 5.39. The average molecular weight is 321 g/mol. The van der Waals surface area contributed by atoms with E-state index in [9.17, 15) is 14.4 Å². The molecule has 3 aliphatic rings. The van der Waals surface area contributed by atoms with Crippen molar-refractivity contribution in [3.8, 4) is 0 Å². The van der Waals surface area contributed by atoms with Gasteiger partial charge in [0, 0.05) is 12.8 Å². The molecule has 2 saturated carbocycles. The van der Waals surface area contributed by atoms with Gasteiger partial charge in [0.05, 0.1) is 6.61 Å². The second kappa shape index (κ2) is 6.72. The number of hydrogen-bond donors (Lipinski definition) is 0. The first kappa shape index (κ1) is 16.0. The standard InChI is InChI=1S/C17H23NO5/c1-2-11-4-3-5-12-13(7-6-11)14(12)10-22-17(21)23-18-15(19)8-9-16(18)20/h2,11-14H,1,3-10H2/t11?,12-,13?,14-/m1/s1. The number of hydrogen-bond acceptors (Lipinski definition) is 5. The number of rotatable bonds is 4. The lowest BCUT2D eigenvalue weighted by atomic mass is 9.91. The molecular formula is C17H23NO5. The molecule has 0 spiro atoms. The van der Waals surface area contributed by atoms with Crippen LogP contribution in [0.4, 0.5) is 4.79 Å². The van der Waals surface area contributed by atoms with Gasteiger partial charge in [-0.25, -0.2) is 4.79 Å². The molecule has 1 aliphatic heterocycles. The van der Waals surface area contributed by atoms with Crippen molar-refractivity contribution in [1.29, 1.82) is 0 Å². The van der Waals surface area contributed by atoms with Gasteiger partial charge >= 0.3 is 6.16 Å². The highest BCUT2D eigenvalue weighted by molar-refractivity contribution is 6.01. The Bertz CT molecular complexity index is 501. The van der Waals surface area contributed by atoms with Crippen molar-refractivity contribution >= 4 is 18.0 Å². The van der Waals surface area contributed by atoms with Crippen molar-refractivity contribution in [2.75, 3.05) is 6.61 Å². The lowest BCUT2D eigenvalue weighted by Crippen LogP contribution is -2.32. The summed E-state index contributed by atoms with van der Waals surface area (Å²) >= 11 is 0. The molecule has 1 saturated heterocycles. The van der Waals surface area contributed by atoms with Crippen LogP contribution in [0.5, 0.6) is 0 Å². The smallest absolute Gasteiger partial charge is 0.432 e. The van der Waals surface area contributed by atoms with Crippen LogP contribution in [0, 0.1) is 23.7 Å². The van der Waals surface area contributed by atoms with Gasteiger partial charge in [-0.3, -0.25) is 14.4 Å². The summed E-state index contributed by atoms with van der Waals surface area (Å²) in [6.07, 6.45) is 7.12. The molecule has 2 aliphatic carbocycles. The van der Waals surface area contributed by atoms with E-state index in [-0.39, 0.29) is 12.8 Å². The fraction of sp³-hybridized carbons (Fsp3) is 0.706. The quantitative estimate of drug-likeness (QED) is 0.452. The van der Waals surface area contributed by atoms with E-state index in [1.165, 1.54) is 19.3 Å². The number of amides is 2. The largest absolute Gasteiger partial charge is 0.533 e. The van der Waals surface area contributed by atoms with Gasteiger partial charge in [-0.1, -0.05) is 17.6 Å². The van der Waals surface area contributed by atoms with Crippen molar-refractivity contribution < 1.29 is 24.0 Å². The van der Waals surface area contributed by atoms with E-state index < -0.39 is 18.0 Å². The first-order chi connectivity index (χ1) is 11.1. The van der Waals surface area contributed by atoms with Crippen LogP contribution in [0.25, 0.3) is 0 Å². The number of ether oxygens (including phenoxy) is 1. The molecule has 126 valence electrons. The van der Waals surface area contributed by atoms with Crippen molar-refractivity contribution in [3.63, 3.8) is 0 Å². The average Bonchev–Trinajstić information content (AvgIpc) is 3.07. The number of carbonyl (C=O) groups excluding carboxylic acids is 3. The highest BCUT2D eigenvalue weighted by Crippen LogP contribution is 2.54. The third-order valence-electron chi connectivity index (χ3n) is 5.39. The lowest BCUT2D eigenvalue weighted by molar-refractivity contribution is -0.177. The van der Waals surface area contributed by atoms with Crippen LogP contribution in [0.3, 0.4) is 0 Å². The van der Waals surface area contributed by atoms with Crippen LogP contribution < -0.4 is 0 Å². The second-order valence-corrected chi connectivity index (χ2v) is 6.73. The first-order valence-electron chi connectivity index (χ1n) is 8.43. The minimum absolute atomic E-state index is 0.0867. The first-order valence-corrected chi connectivity index (χ1v) is 8.43. The minimum atomic E-state index is -0.961. The zero-order valence-corrected chi connectivity index (χ0v) is 13.2. The molecule has 23 heavy (non-hydrogen) atoms. The predicted octanol–water partition coefficient (Wildman–Crippen LogP) is 2.83. The highest BCUT2D eigenvalue weighted by Gasteiger charge is 2.50. The van der Waals surface area contributed by atoms with E-state index in [2.05, 4.69) is 12.7 Å². The van der Waals surface area contributed by atoms with Crippen LogP contribution in [0.2, 0.25) is 0 Å². The van der Waals surface area contributed by atoms with Crippen LogP contribution >= 0.6 is 0 Å². The Morgan fingerprint density at radius 1 is 1.13 bits per heavy atom. The molecule has 0 aromatic rings. The van der Waals surface area contributed by atoms with Gasteiger partial charge in [0.15, 0.2) is 0 Å². The van der Waals surface area contributed by atoms with Crippen molar-refractivity contribution in [2.45, 2.75) is 44.9 Å². The Hall–Kier alpha value is -1.85. The van der Waals surface area contributed by atoms with Gasteiger partial charge in [-0.05, 0) is 49.4 Å². The molecule has 0 aromatic carbocycles. The Morgan fingerprint density at radius 3 is 2.52 bits per heavy atom. The monoisotopic (exact) mass is 321 g/mol. The number of hydroxylamine groups is 2. The number of carbonyl (C=O) groups is 3. The summed E-state index contributed by atoms with van der Waals surface area (Å²) in [4.78, 5) is 39.1. The summed E-state index contributed by atoms with van der Waals surface area (Å²) in [5.74, 6) is 1.25. The Labute approximate surface area is 135 Å². The van der Waals surface area contributed by atoms with Gasteiger partial charge in [0.25, 0.3) is 11.8 Å². The Morgan fingerprint density at radius 2 is 1.83 bits per heavy atom. The predicted molar refractivity (Wildman–Crippen MR) is 80.8 cm³/mol. The molecule has 2 unspecified atom stereocenters. The number of nitrogens with zero attached hydrogens (tertiary/aromatic N) is 1. The Kier molecular flexibility index (Phi) is 4.68. The number of allylic oxidation sites excluding steroid dienone is 1. The molecule has 3 rings (SSSR count). The van der Waals surface area contributed by atoms with Crippen molar-refractivity contribution in [3.05, 3.63) is 12.7 Å². The molecule has 1 heterocycles. The van der Waals surface area contributed by atoms with Crippen molar-refractivity contribution in [2.24, 2.45) is 23.7 Å². The SMILES string of the molecule is C=CC1CCC[C@@H]2C(CC1)[C@@H]2COC(=O)ON1C(=O)CCC1=O. The van der Waals surface area contributed by atoms with Gasteiger partial charge in [-0.15, -0.1) is 6.58 Å². The highest BCUT2D eigenvalue weighted by atomic mass is 16.8. The maximum absolute atomic E-state index is 11.7. The van der Waals surface area contributed by atoms with Crippen LogP contribution in [-0.4, -0.2) is 29.6 Å². The molecule has 0 N–H and O–H groups in total. The van der Waals surface area contributed by atoms with E-state index >= 15 is 0 Å². The zero-order valence-electron chi connectivity index (χ0n) is 13.2. The summed E-state index contributed by atoms with van der Waals surface area (Å²) in [7, 11) is 0. The zero-order chi connectivity index (χ0) is 16.4. The van der Waals surface area contributed by atoms with Crippen molar-refractivity contribution in [1.82, 2.24) is 5.06 Å². The van der Waals surface area contributed by atoms with Crippen LogP contribution in [-0.2, 0) is 19.2 Å². The fourth-order valence-electron chi connectivity index (χ4n) is 3.95. The maximum atomic E-state index is 11.7. The number of imide groups is 1. The molecular weight excluding hydrogens is 298 g/mol. The molecule has 3 fully saturated rings. The topological polar surface area (TPSA) is 72.9 Å². The van der Waals surface area contributed by atoms with E-state index in [4.69, 9.17) is 9.57 Å². The molecule has 0 aromatic heterocycles. The van der Waals surface area contributed by atoms with E-state index in [1.54, 1.807) is 0 Å². The van der Waals surface area contributed by atoms with Gasteiger partial charge in [0.1, 0.15) is 0 Å². The summed E-state index contributed by atoms with van der Waals surface area (Å²) in [6.45, 7) is 4.20. The summed E-state index contributed by atoms with van der Waals surface area (Å²) in [6, 6.07) is 0. The fourth-order valence-corrected chi connectivity index (χ4v) is 3.95. The summed E-state index contributed by atoms with van der Waals surface area (Å²) in [5.41, 5.74) is 0. The lowest BCUT2D eigenvalue weighted by Gasteiger charge is -2.14. The van der Waals surface area contributed by atoms with E-state index in [0.717, 1.165) is 12.8 Å². The molecule has 6 heteroatoms. The third kappa shape index (κ3) is 3.57. The maximum Gasteiger partial charge on any atom is 0.533 e. The van der Waals surface area contributed by atoms with Crippen LogP contribution in [0.15, 0.2) is 12.7 Å². The number of fused-ring (bicyclic) bond motifs is 1. The summed E-state index contributed by atoms with van der Waals surface area (Å²) < 4.78 is 5.12. The molecule has 0 bridgehead atoms. The van der Waals surface area contributed by atoms with Gasteiger partial charge < -0.3 is 4.74 Å².